The van der Waals surface area contributed by atoms with E-state index < -0.39 is 9.84 Å². The lowest BCUT2D eigenvalue weighted by Crippen LogP contribution is -2.19. The van der Waals surface area contributed by atoms with Crippen molar-refractivity contribution in [1.29, 1.82) is 0 Å². The first-order chi connectivity index (χ1) is 8.43. The van der Waals surface area contributed by atoms with Crippen LogP contribution in [0.2, 0.25) is 0 Å². The van der Waals surface area contributed by atoms with Crippen molar-refractivity contribution in [2.75, 3.05) is 18.6 Å². The third-order valence-electron chi connectivity index (χ3n) is 2.85. The maximum absolute atomic E-state index is 11.7. The molecule has 1 unspecified atom stereocenters. The third kappa shape index (κ3) is 2.81. The van der Waals surface area contributed by atoms with Crippen LogP contribution in [0.15, 0.2) is 9.27 Å². The molecule has 0 spiro atoms. The van der Waals surface area contributed by atoms with Crippen LogP contribution in [0.5, 0.6) is 0 Å². The van der Waals surface area contributed by atoms with Crippen molar-refractivity contribution in [2.45, 2.75) is 18.9 Å². The highest BCUT2D eigenvalue weighted by atomic mass is 79.9. The molecule has 6 nitrogen and oxygen atoms in total. The Morgan fingerprint density at radius 2 is 2.28 bits per heavy atom. The summed E-state index contributed by atoms with van der Waals surface area (Å²) in [5.74, 6) is 0.392. The van der Waals surface area contributed by atoms with Crippen LogP contribution in [0.1, 0.15) is 23.9 Å². The predicted molar refractivity (Wildman–Crippen MR) is 69.3 cm³/mol. The minimum Gasteiger partial charge on any atom is -0.378 e. The number of ether oxygens (including phenoxy) is 1. The molecular formula is C10H13BrN2O4S. The van der Waals surface area contributed by atoms with Crippen LogP contribution in [0.4, 0.5) is 0 Å². The molecule has 1 aliphatic rings. The fourth-order valence-electron chi connectivity index (χ4n) is 1.96. The molecule has 1 aromatic rings. The number of methoxy groups -OCH3 is 1. The van der Waals surface area contributed by atoms with Gasteiger partial charge in [0.1, 0.15) is 10.3 Å². The Morgan fingerprint density at radius 3 is 2.83 bits per heavy atom. The molecule has 0 aliphatic carbocycles. The van der Waals surface area contributed by atoms with Crippen LogP contribution in [-0.4, -0.2) is 37.0 Å². The number of nitrogens with zero attached hydrogens (tertiary/aromatic N) is 1. The van der Waals surface area contributed by atoms with Gasteiger partial charge in [-0.25, -0.2) is 13.4 Å². The van der Waals surface area contributed by atoms with Gasteiger partial charge in [-0.15, -0.1) is 0 Å². The van der Waals surface area contributed by atoms with Gasteiger partial charge in [-0.05, 0) is 22.4 Å². The van der Waals surface area contributed by atoms with Crippen LogP contribution in [0, 0.1) is 0 Å². The first-order valence-electron chi connectivity index (χ1n) is 5.41. The van der Waals surface area contributed by atoms with Crippen LogP contribution in [0.25, 0.3) is 0 Å². The van der Waals surface area contributed by atoms with E-state index in [0.717, 1.165) is 0 Å². The SMILES string of the molecule is COCc1nc(C2CCS(=O)(=O)C2)[nH]c(=O)c1Br. The van der Waals surface area contributed by atoms with E-state index in [1.807, 2.05) is 0 Å². The van der Waals surface area contributed by atoms with Gasteiger partial charge in [0.25, 0.3) is 5.56 Å². The summed E-state index contributed by atoms with van der Waals surface area (Å²) in [5.41, 5.74) is 0.178. The molecule has 100 valence electrons. The lowest BCUT2D eigenvalue weighted by atomic mass is 10.1. The van der Waals surface area contributed by atoms with Crippen molar-refractivity contribution in [3.63, 3.8) is 0 Å². The lowest BCUT2D eigenvalue weighted by molar-refractivity contribution is 0.180. The van der Waals surface area contributed by atoms with Gasteiger partial charge in [0, 0.05) is 13.0 Å². The highest BCUT2D eigenvalue weighted by Gasteiger charge is 2.31. The number of sulfone groups is 1. The zero-order valence-electron chi connectivity index (χ0n) is 9.77. The van der Waals surface area contributed by atoms with Crippen LogP contribution < -0.4 is 5.56 Å². The zero-order chi connectivity index (χ0) is 13.3. The van der Waals surface area contributed by atoms with Crippen molar-refractivity contribution in [3.8, 4) is 0 Å². The first-order valence-corrected chi connectivity index (χ1v) is 8.02. The topological polar surface area (TPSA) is 89.1 Å². The van der Waals surface area contributed by atoms with Crippen LogP contribution >= 0.6 is 15.9 Å². The Bertz CT molecular complexity index is 611. The minimum atomic E-state index is -3.00. The fraction of sp³-hybridized carbons (Fsp3) is 0.600. The molecular weight excluding hydrogens is 324 g/mol. The van der Waals surface area contributed by atoms with E-state index >= 15 is 0 Å². The number of rotatable bonds is 3. The summed E-state index contributed by atoms with van der Waals surface area (Å²) in [6, 6.07) is 0. The first kappa shape index (κ1) is 13.7. The molecule has 8 heteroatoms. The standard InChI is InChI=1S/C10H13BrN2O4S/c1-17-4-7-8(11)10(14)13-9(12-7)6-2-3-18(15,16)5-6/h6H,2-5H2,1H3,(H,12,13,14). The summed E-state index contributed by atoms with van der Waals surface area (Å²) < 4.78 is 28.1. The monoisotopic (exact) mass is 336 g/mol. The van der Waals surface area contributed by atoms with Gasteiger partial charge in [-0.1, -0.05) is 0 Å². The molecule has 1 aromatic heterocycles. The summed E-state index contributed by atoms with van der Waals surface area (Å²) in [6.07, 6.45) is 0.499. The van der Waals surface area contributed by atoms with E-state index in [9.17, 15) is 13.2 Å². The highest BCUT2D eigenvalue weighted by Crippen LogP contribution is 2.26. The molecule has 2 heterocycles. The Kier molecular flexibility index (Phi) is 3.88. The second-order valence-corrected chi connectivity index (χ2v) is 7.27. The number of nitrogens with one attached hydrogen (secondary N) is 1. The van der Waals surface area contributed by atoms with Gasteiger partial charge >= 0.3 is 0 Å². The number of hydrogen-bond donors (Lipinski definition) is 1. The Labute approximate surface area is 113 Å². The van der Waals surface area contributed by atoms with E-state index in [4.69, 9.17) is 4.74 Å². The van der Waals surface area contributed by atoms with Crippen molar-refractivity contribution in [1.82, 2.24) is 9.97 Å². The van der Waals surface area contributed by atoms with E-state index in [1.54, 1.807) is 0 Å². The molecule has 1 atom stereocenters. The smallest absolute Gasteiger partial charge is 0.265 e. The summed E-state index contributed by atoms with van der Waals surface area (Å²) in [4.78, 5) is 18.6. The predicted octanol–water partition coefficient (Wildman–Crippen LogP) is 0.581. The second-order valence-electron chi connectivity index (χ2n) is 4.24. The van der Waals surface area contributed by atoms with E-state index in [2.05, 4.69) is 25.9 Å². The van der Waals surface area contributed by atoms with Gasteiger partial charge in [-0.2, -0.15) is 0 Å². The van der Waals surface area contributed by atoms with E-state index in [1.165, 1.54) is 7.11 Å². The fourth-order valence-corrected chi connectivity index (χ4v) is 4.01. The normalized spacial score (nSPS) is 22.2. The van der Waals surface area contributed by atoms with Gasteiger partial charge < -0.3 is 9.72 Å². The number of aromatic nitrogens is 2. The van der Waals surface area contributed by atoms with Crippen LogP contribution in [0.3, 0.4) is 0 Å². The van der Waals surface area contributed by atoms with Crippen molar-refractivity contribution in [2.24, 2.45) is 0 Å². The average molecular weight is 337 g/mol. The summed E-state index contributed by atoms with van der Waals surface area (Å²) in [7, 11) is -1.49. The van der Waals surface area contributed by atoms with E-state index in [0.29, 0.717) is 22.4 Å². The van der Waals surface area contributed by atoms with Crippen molar-refractivity contribution in [3.05, 3.63) is 26.3 Å². The number of hydrogen-bond acceptors (Lipinski definition) is 5. The molecule has 0 bridgehead atoms. The number of aromatic amines is 1. The molecule has 1 saturated heterocycles. The number of H-pyrrole nitrogens is 1. The van der Waals surface area contributed by atoms with Crippen molar-refractivity contribution >= 4 is 25.8 Å². The minimum absolute atomic E-state index is 0.0456. The summed E-state index contributed by atoms with van der Waals surface area (Å²) in [6.45, 7) is 0.205. The quantitative estimate of drug-likeness (QED) is 0.872. The van der Waals surface area contributed by atoms with Crippen molar-refractivity contribution < 1.29 is 13.2 Å². The second kappa shape index (κ2) is 5.10. The van der Waals surface area contributed by atoms with Gasteiger partial charge in [0.05, 0.1) is 23.8 Å². The zero-order valence-corrected chi connectivity index (χ0v) is 12.2. The maximum Gasteiger partial charge on any atom is 0.265 e. The molecule has 0 aromatic carbocycles. The molecule has 0 saturated carbocycles. The molecule has 0 amide bonds. The average Bonchev–Trinajstić information content (AvgIpc) is 2.65. The molecule has 1 N–H and O–H groups in total. The molecule has 1 fully saturated rings. The van der Waals surface area contributed by atoms with Crippen LogP contribution in [-0.2, 0) is 21.2 Å². The lowest BCUT2D eigenvalue weighted by Gasteiger charge is -2.09. The largest absolute Gasteiger partial charge is 0.378 e. The Balaban J connectivity index is 2.38. The Morgan fingerprint density at radius 1 is 1.56 bits per heavy atom. The molecule has 2 rings (SSSR count). The Hall–Kier alpha value is -0.730. The summed E-state index contributed by atoms with van der Waals surface area (Å²) >= 11 is 3.14. The molecule has 18 heavy (non-hydrogen) atoms. The van der Waals surface area contributed by atoms with Gasteiger partial charge in [0.2, 0.25) is 0 Å². The third-order valence-corrected chi connectivity index (χ3v) is 5.44. The van der Waals surface area contributed by atoms with Gasteiger partial charge in [-0.3, -0.25) is 4.79 Å². The number of halogens is 1. The maximum atomic E-state index is 11.7. The van der Waals surface area contributed by atoms with Gasteiger partial charge in [0.15, 0.2) is 9.84 Å². The van der Waals surface area contributed by atoms with E-state index in [-0.39, 0.29) is 29.6 Å². The highest BCUT2D eigenvalue weighted by molar-refractivity contribution is 9.10. The summed E-state index contributed by atoms with van der Waals surface area (Å²) in [5, 5.41) is 0. The molecule has 1 aliphatic heterocycles. The molecule has 0 radical (unpaired) electrons.